The topological polar surface area (TPSA) is 77.2 Å². The van der Waals surface area contributed by atoms with Gasteiger partial charge in [-0.25, -0.2) is 9.48 Å². The molecule has 0 amide bonds. The van der Waals surface area contributed by atoms with E-state index in [1.165, 1.54) is 10.9 Å². The van der Waals surface area contributed by atoms with Crippen LogP contribution in [0, 0.1) is 0 Å². The number of carbonyl (C=O) groups is 1. The SMILES string of the molecule is CCC(C)OCCn1cc(C(=O)O)nn1. The average molecular weight is 213 g/mol. The molecule has 15 heavy (non-hydrogen) atoms. The first-order chi connectivity index (χ1) is 7.13. The van der Waals surface area contributed by atoms with Crippen molar-refractivity contribution in [3.8, 4) is 0 Å². The summed E-state index contributed by atoms with van der Waals surface area (Å²) >= 11 is 0. The van der Waals surface area contributed by atoms with Crippen molar-refractivity contribution in [3.05, 3.63) is 11.9 Å². The fraction of sp³-hybridized carbons (Fsp3) is 0.667. The first kappa shape index (κ1) is 11.6. The Hall–Kier alpha value is -1.43. The number of ether oxygens (including phenoxy) is 1. The van der Waals surface area contributed by atoms with E-state index in [0.717, 1.165) is 6.42 Å². The predicted octanol–water partition coefficient (Wildman–Crippen LogP) is 0.791. The number of hydrogen-bond acceptors (Lipinski definition) is 4. The zero-order chi connectivity index (χ0) is 11.3. The van der Waals surface area contributed by atoms with Crippen LogP contribution in [-0.2, 0) is 11.3 Å². The van der Waals surface area contributed by atoms with Crippen molar-refractivity contribution in [1.29, 1.82) is 0 Å². The van der Waals surface area contributed by atoms with Gasteiger partial charge < -0.3 is 9.84 Å². The number of nitrogens with zero attached hydrogens (tertiary/aromatic N) is 3. The third-order valence-electron chi connectivity index (χ3n) is 2.06. The van der Waals surface area contributed by atoms with Gasteiger partial charge in [0.2, 0.25) is 0 Å². The maximum Gasteiger partial charge on any atom is 0.358 e. The molecule has 0 aromatic carbocycles. The average Bonchev–Trinajstić information content (AvgIpc) is 2.66. The van der Waals surface area contributed by atoms with Gasteiger partial charge in [-0.3, -0.25) is 0 Å². The van der Waals surface area contributed by atoms with Gasteiger partial charge in [0, 0.05) is 0 Å². The second-order valence-corrected chi connectivity index (χ2v) is 3.26. The molecule has 1 aromatic rings. The highest BCUT2D eigenvalue weighted by Gasteiger charge is 2.07. The highest BCUT2D eigenvalue weighted by Crippen LogP contribution is 1.97. The highest BCUT2D eigenvalue weighted by atomic mass is 16.5. The Kier molecular flexibility index (Phi) is 4.23. The lowest BCUT2D eigenvalue weighted by atomic mass is 10.3. The van der Waals surface area contributed by atoms with Gasteiger partial charge >= 0.3 is 5.97 Å². The Bertz CT molecular complexity index is 324. The van der Waals surface area contributed by atoms with Crippen LogP contribution in [0.15, 0.2) is 6.20 Å². The minimum atomic E-state index is -1.07. The molecule has 1 unspecified atom stereocenters. The van der Waals surface area contributed by atoms with Gasteiger partial charge in [0.15, 0.2) is 5.69 Å². The summed E-state index contributed by atoms with van der Waals surface area (Å²) in [5.74, 6) is -1.07. The lowest BCUT2D eigenvalue weighted by molar-refractivity contribution is 0.0561. The van der Waals surface area contributed by atoms with Crippen molar-refractivity contribution in [2.75, 3.05) is 6.61 Å². The number of hydrogen-bond donors (Lipinski definition) is 1. The third-order valence-corrected chi connectivity index (χ3v) is 2.06. The molecule has 0 spiro atoms. The lowest BCUT2D eigenvalue weighted by Gasteiger charge is -2.09. The minimum absolute atomic E-state index is 0.0430. The molecule has 0 saturated heterocycles. The Balaban J connectivity index is 2.35. The van der Waals surface area contributed by atoms with Crippen molar-refractivity contribution in [2.24, 2.45) is 0 Å². The number of aromatic carboxylic acids is 1. The summed E-state index contributed by atoms with van der Waals surface area (Å²) in [7, 11) is 0. The van der Waals surface area contributed by atoms with Gasteiger partial charge in [0.25, 0.3) is 0 Å². The van der Waals surface area contributed by atoms with E-state index < -0.39 is 5.97 Å². The van der Waals surface area contributed by atoms with E-state index in [9.17, 15) is 4.79 Å². The van der Waals surface area contributed by atoms with Crippen LogP contribution >= 0.6 is 0 Å². The van der Waals surface area contributed by atoms with E-state index >= 15 is 0 Å². The molecule has 1 rings (SSSR count). The van der Waals surface area contributed by atoms with Gasteiger partial charge in [0.1, 0.15) is 0 Å². The van der Waals surface area contributed by atoms with Crippen molar-refractivity contribution in [1.82, 2.24) is 15.0 Å². The Morgan fingerprint density at radius 2 is 2.47 bits per heavy atom. The molecule has 1 N–H and O–H groups in total. The van der Waals surface area contributed by atoms with E-state index in [-0.39, 0.29) is 11.8 Å². The van der Waals surface area contributed by atoms with Gasteiger partial charge in [-0.2, -0.15) is 0 Å². The molecule has 0 saturated carbocycles. The smallest absolute Gasteiger partial charge is 0.358 e. The van der Waals surface area contributed by atoms with Crippen molar-refractivity contribution in [2.45, 2.75) is 32.9 Å². The van der Waals surface area contributed by atoms with Gasteiger partial charge in [-0.15, -0.1) is 5.10 Å². The van der Waals surface area contributed by atoms with Gasteiger partial charge in [-0.1, -0.05) is 12.1 Å². The summed E-state index contributed by atoms with van der Waals surface area (Å²) in [6.45, 7) is 5.06. The Labute approximate surface area is 87.9 Å². The molecule has 0 aliphatic carbocycles. The first-order valence-electron chi connectivity index (χ1n) is 4.88. The number of aromatic nitrogens is 3. The summed E-state index contributed by atoms with van der Waals surface area (Å²) in [6.07, 6.45) is 2.56. The van der Waals surface area contributed by atoms with Crippen molar-refractivity contribution >= 4 is 5.97 Å². The van der Waals surface area contributed by atoms with Crippen molar-refractivity contribution in [3.63, 3.8) is 0 Å². The predicted molar refractivity (Wildman–Crippen MR) is 52.7 cm³/mol. The molecule has 0 aliphatic rings. The molecular weight excluding hydrogens is 198 g/mol. The molecule has 1 atom stereocenters. The second kappa shape index (κ2) is 5.45. The fourth-order valence-corrected chi connectivity index (χ4v) is 0.971. The van der Waals surface area contributed by atoms with Crippen LogP contribution in [0.1, 0.15) is 30.8 Å². The third kappa shape index (κ3) is 3.67. The quantitative estimate of drug-likeness (QED) is 0.756. The van der Waals surface area contributed by atoms with E-state index in [4.69, 9.17) is 9.84 Å². The van der Waals surface area contributed by atoms with Crippen LogP contribution in [0.3, 0.4) is 0 Å². The molecule has 1 aromatic heterocycles. The fourth-order valence-electron chi connectivity index (χ4n) is 0.971. The summed E-state index contributed by atoms with van der Waals surface area (Å²) in [5.41, 5.74) is -0.0430. The monoisotopic (exact) mass is 213 g/mol. The van der Waals surface area contributed by atoms with Gasteiger partial charge in [0.05, 0.1) is 25.5 Å². The maximum atomic E-state index is 10.5. The van der Waals surface area contributed by atoms with E-state index in [0.29, 0.717) is 13.2 Å². The minimum Gasteiger partial charge on any atom is -0.476 e. The number of rotatable bonds is 6. The normalized spacial score (nSPS) is 12.7. The molecule has 0 bridgehead atoms. The van der Waals surface area contributed by atoms with Gasteiger partial charge in [-0.05, 0) is 13.3 Å². The summed E-state index contributed by atoms with van der Waals surface area (Å²) in [4.78, 5) is 10.5. The summed E-state index contributed by atoms with van der Waals surface area (Å²) in [5, 5.41) is 15.8. The number of carboxylic acids is 1. The van der Waals surface area contributed by atoms with Crippen molar-refractivity contribution < 1.29 is 14.6 Å². The van der Waals surface area contributed by atoms with E-state index in [1.54, 1.807) is 0 Å². The largest absolute Gasteiger partial charge is 0.476 e. The van der Waals surface area contributed by atoms with Crippen LogP contribution in [0.4, 0.5) is 0 Å². The molecule has 0 aliphatic heterocycles. The second-order valence-electron chi connectivity index (χ2n) is 3.26. The Morgan fingerprint density at radius 1 is 1.73 bits per heavy atom. The molecule has 0 fully saturated rings. The van der Waals surface area contributed by atoms with Crippen LogP contribution in [0.2, 0.25) is 0 Å². The molecule has 1 heterocycles. The van der Waals surface area contributed by atoms with Crippen LogP contribution in [0.25, 0.3) is 0 Å². The summed E-state index contributed by atoms with van der Waals surface area (Å²) < 4.78 is 6.89. The van der Waals surface area contributed by atoms with E-state index in [2.05, 4.69) is 10.3 Å². The Morgan fingerprint density at radius 3 is 3.00 bits per heavy atom. The molecule has 6 nitrogen and oxygen atoms in total. The standard InChI is InChI=1S/C9H15N3O3/c1-3-7(2)15-5-4-12-6-8(9(13)14)10-11-12/h6-7H,3-5H2,1-2H3,(H,13,14). The maximum absolute atomic E-state index is 10.5. The van der Waals surface area contributed by atoms with Crippen LogP contribution in [-0.4, -0.2) is 38.8 Å². The lowest BCUT2D eigenvalue weighted by Crippen LogP contribution is -2.12. The highest BCUT2D eigenvalue weighted by molar-refractivity contribution is 5.84. The van der Waals surface area contributed by atoms with Crippen LogP contribution < -0.4 is 0 Å². The molecule has 0 radical (unpaired) electrons. The van der Waals surface area contributed by atoms with Crippen LogP contribution in [0.5, 0.6) is 0 Å². The molecule has 6 heteroatoms. The molecular formula is C9H15N3O3. The molecule has 84 valence electrons. The first-order valence-corrected chi connectivity index (χ1v) is 4.88. The zero-order valence-electron chi connectivity index (χ0n) is 8.88. The zero-order valence-corrected chi connectivity index (χ0v) is 8.88. The van der Waals surface area contributed by atoms with E-state index in [1.807, 2.05) is 13.8 Å². The number of carboxylic acid groups (broad SMARTS) is 1. The summed E-state index contributed by atoms with van der Waals surface area (Å²) in [6, 6.07) is 0.